The SMILES string of the molecule is Cc1nc(-c2ccccc2NC(=O)N2CCC[C@@H]2CO)no1. The summed E-state index contributed by atoms with van der Waals surface area (Å²) in [5, 5.41) is 16.1. The van der Waals surface area contributed by atoms with Gasteiger partial charge in [-0.3, -0.25) is 0 Å². The number of aliphatic hydroxyl groups is 1. The first-order valence-corrected chi connectivity index (χ1v) is 7.27. The quantitative estimate of drug-likeness (QED) is 0.905. The summed E-state index contributed by atoms with van der Waals surface area (Å²) < 4.78 is 5.00. The van der Waals surface area contributed by atoms with Gasteiger partial charge < -0.3 is 19.8 Å². The molecule has 1 atom stereocenters. The summed E-state index contributed by atoms with van der Waals surface area (Å²) >= 11 is 0. The number of para-hydroxylation sites is 1. The van der Waals surface area contributed by atoms with Gasteiger partial charge in [-0.1, -0.05) is 17.3 Å². The van der Waals surface area contributed by atoms with Crippen LogP contribution in [0.15, 0.2) is 28.8 Å². The third-order valence-corrected chi connectivity index (χ3v) is 3.79. The molecule has 0 radical (unpaired) electrons. The number of hydrogen-bond donors (Lipinski definition) is 2. The minimum atomic E-state index is -0.218. The van der Waals surface area contributed by atoms with Crippen molar-refractivity contribution in [3.05, 3.63) is 30.2 Å². The number of aliphatic hydroxyl groups excluding tert-OH is 1. The average molecular weight is 302 g/mol. The largest absolute Gasteiger partial charge is 0.394 e. The van der Waals surface area contributed by atoms with E-state index in [1.54, 1.807) is 17.9 Å². The van der Waals surface area contributed by atoms with E-state index >= 15 is 0 Å². The molecule has 1 saturated heterocycles. The second-order valence-corrected chi connectivity index (χ2v) is 5.28. The Kier molecular flexibility index (Phi) is 4.06. The number of rotatable bonds is 3. The van der Waals surface area contributed by atoms with Crippen molar-refractivity contribution in [3.63, 3.8) is 0 Å². The summed E-state index contributed by atoms with van der Waals surface area (Å²) in [6.45, 7) is 2.35. The molecule has 116 valence electrons. The molecule has 1 aromatic carbocycles. The number of likely N-dealkylation sites (tertiary alicyclic amines) is 1. The van der Waals surface area contributed by atoms with E-state index < -0.39 is 0 Å². The minimum absolute atomic E-state index is 0.0148. The summed E-state index contributed by atoms with van der Waals surface area (Å²) in [4.78, 5) is 18.3. The molecule has 1 aliphatic rings. The monoisotopic (exact) mass is 302 g/mol. The van der Waals surface area contributed by atoms with Crippen LogP contribution in [0.3, 0.4) is 0 Å². The van der Waals surface area contributed by atoms with Crippen molar-refractivity contribution in [2.75, 3.05) is 18.5 Å². The first-order chi connectivity index (χ1) is 10.7. The van der Waals surface area contributed by atoms with Crippen molar-refractivity contribution in [1.82, 2.24) is 15.0 Å². The van der Waals surface area contributed by atoms with Gasteiger partial charge in [0.2, 0.25) is 11.7 Å². The number of benzene rings is 1. The van der Waals surface area contributed by atoms with Gasteiger partial charge in [0.25, 0.3) is 0 Å². The molecule has 2 N–H and O–H groups in total. The second kappa shape index (κ2) is 6.15. The highest BCUT2D eigenvalue weighted by Gasteiger charge is 2.28. The highest BCUT2D eigenvalue weighted by molar-refractivity contribution is 5.93. The molecule has 22 heavy (non-hydrogen) atoms. The highest BCUT2D eigenvalue weighted by atomic mass is 16.5. The van der Waals surface area contributed by atoms with Crippen LogP contribution < -0.4 is 5.32 Å². The van der Waals surface area contributed by atoms with Gasteiger partial charge in [-0.15, -0.1) is 0 Å². The Hall–Kier alpha value is -2.41. The Bertz CT molecular complexity index is 670. The average Bonchev–Trinajstić information content (AvgIpc) is 3.16. The van der Waals surface area contributed by atoms with Crippen LogP contribution >= 0.6 is 0 Å². The van der Waals surface area contributed by atoms with E-state index in [1.807, 2.05) is 18.2 Å². The zero-order valence-electron chi connectivity index (χ0n) is 12.3. The van der Waals surface area contributed by atoms with Gasteiger partial charge in [0, 0.05) is 19.0 Å². The molecule has 2 heterocycles. The number of amides is 2. The molecule has 0 bridgehead atoms. The Morgan fingerprint density at radius 1 is 1.50 bits per heavy atom. The maximum Gasteiger partial charge on any atom is 0.322 e. The Balaban J connectivity index is 1.82. The van der Waals surface area contributed by atoms with Crippen molar-refractivity contribution in [3.8, 4) is 11.4 Å². The lowest BCUT2D eigenvalue weighted by atomic mass is 10.1. The Morgan fingerprint density at radius 2 is 2.32 bits per heavy atom. The van der Waals surface area contributed by atoms with Crippen molar-refractivity contribution in [2.24, 2.45) is 0 Å². The van der Waals surface area contributed by atoms with Gasteiger partial charge in [0.15, 0.2) is 0 Å². The van der Waals surface area contributed by atoms with Crippen LogP contribution in [-0.2, 0) is 0 Å². The lowest BCUT2D eigenvalue weighted by Crippen LogP contribution is -2.40. The molecular weight excluding hydrogens is 284 g/mol. The fourth-order valence-corrected chi connectivity index (χ4v) is 2.68. The standard InChI is InChI=1S/C15H18N4O3/c1-10-16-14(18-22-10)12-6-2-3-7-13(12)17-15(21)19-8-4-5-11(19)9-20/h2-3,6-7,11,20H,4-5,8-9H2,1H3,(H,17,21)/t11-/m1/s1. The summed E-state index contributed by atoms with van der Waals surface area (Å²) in [7, 11) is 0. The van der Waals surface area contributed by atoms with E-state index in [9.17, 15) is 9.90 Å². The van der Waals surface area contributed by atoms with Gasteiger partial charge in [-0.25, -0.2) is 4.79 Å². The van der Waals surface area contributed by atoms with Crippen molar-refractivity contribution < 1.29 is 14.4 Å². The molecule has 7 nitrogen and oxygen atoms in total. The third kappa shape index (κ3) is 2.80. The molecular formula is C15H18N4O3. The van der Waals surface area contributed by atoms with Crippen LogP contribution in [0.1, 0.15) is 18.7 Å². The lowest BCUT2D eigenvalue weighted by Gasteiger charge is -2.23. The van der Waals surface area contributed by atoms with E-state index in [2.05, 4.69) is 15.5 Å². The summed E-state index contributed by atoms with van der Waals surface area (Å²) in [5.74, 6) is 0.907. The van der Waals surface area contributed by atoms with E-state index in [-0.39, 0.29) is 18.7 Å². The topological polar surface area (TPSA) is 91.5 Å². The normalized spacial score (nSPS) is 17.7. The smallest absolute Gasteiger partial charge is 0.322 e. The van der Waals surface area contributed by atoms with Gasteiger partial charge >= 0.3 is 6.03 Å². The van der Waals surface area contributed by atoms with Gasteiger partial charge in [-0.05, 0) is 25.0 Å². The van der Waals surface area contributed by atoms with Crippen LogP contribution in [0.5, 0.6) is 0 Å². The second-order valence-electron chi connectivity index (χ2n) is 5.28. The van der Waals surface area contributed by atoms with Crippen LogP contribution in [-0.4, -0.2) is 45.4 Å². The predicted octanol–water partition coefficient (Wildman–Crippen LogP) is 2.03. The van der Waals surface area contributed by atoms with E-state index in [0.29, 0.717) is 29.5 Å². The van der Waals surface area contributed by atoms with E-state index in [0.717, 1.165) is 12.8 Å². The Morgan fingerprint density at radius 3 is 3.05 bits per heavy atom. The highest BCUT2D eigenvalue weighted by Crippen LogP contribution is 2.26. The first kappa shape index (κ1) is 14.5. The van der Waals surface area contributed by atoms with Gasteiger partial charge in [-0.2, -0.15) is 4.98 Å². The number of nitrogens with zero attached hydrogens (tertiary/aromatic N) is 3. The molecule has 0 spiro atoms. The maximum atomic E-state index is 12.4. The van der Waals surface area contributed by atoms with Crippen LogP contribution in [0.2, 0.25) is 0 Å². The third-order valence-electron chi connectivity index (χ3n) is 3.79. The van der Waals surface area contributed by atoms with Crippen molar-refractivity contribution >= 4 is 11.7 Å². The number of carbonyl (C=O) groups is 1. The molecule has 0 unspecified atom stereocenters. The number of urea groups is 1. The fourth-order valence-electron chi connectivity index (χ4n) is 2.68. The van der Waals surface area contributed by atoms with Crippen molar-refractivity contribution in [2.45, 2.75) is 25.8 Å². The number of hydrogen-bond acceptors (Lipinski definition) is 5. The molecule has 1 fully saturated rings. The summed E-state index contributed by atoms with van der Waals surface area (Å²) in [6.07, 6.45) is 1.74. The summed E-state index contributed by atoms with van der Waals surface area (Å²) in [6, 6.07) is 6.97. The first-order valence-electron chi connectivity index (χ1n) is 7.27. The molecule has 1 aliphatic heterocycles. The fraction of sp³-hybridized carbons (Fsp3) is 0.400. The molecule has 2 amide bonds. The minimum Gasteiger partial charge on any atom is -0.394 e. The van der Waals surface area contributed by atoms with Crippen LogP contribution in [0.4, 0.5) is 10.5 Å². The zero-order chi connectivity index (χ0) is 15.5. The molecule has 0 aliphatic carbocycles. The van der Waals surface area contributed by atoms with Crippen LogP contribution in [0.25, 0.3) is 11.4 Å². The molecule has 7 heteroatoms. The molecule has 2 aromatic rings. The number of aryl methyl sites for hydroxylation is 1. The Labute approximate surface area is 127 Å². The number of carbonyl (C=O) groups excluding carboxylic acids is 1. The summed E-state index contributed by atoms with van der Waals surface area (Å²) in [5.41, 5.74) is 1.32. The molecule has 0 saturated carbocycles. The van der Waals surface area contributed by atoms with E-state index in [4.69, 9.17) is 4.52 Å². The van der Waals surface area contributed by atoms with Crippen molar-refractivity contribution in [1.29, 1.82) is 0 Å². The van der Waals surface area contributed by atoms with Gasteiger partial charge in [0.05, 0.1) is 18.3 Å². The number of aromatic nitrogens is 2. The maximum absolute atomic E-state index is 12.4. The molecule has 3 rings (SSSR count). The number of nitrogens with one attached hydrogen (secondary N) is 1. The predicted molar refractivity (Wildman–Crippen MR) is 80.3 cm³/mol. The van der Waals surface area contributed by atoms with Crippen LogP contribution in [0, 0.1) is 6.92 Å². The lowest BCUT2D eigenvalue weighted by molar-refractivity contribution is 0.166. The zero-order valence-corrected chi connectivity index (χ0v) is 12.3. The van der Waals surface area contributed by atoms with Gasteiger partial charge in [0.1, 0.15) is 0 Å². The number of anilines is 1. The molecule has 1 aromatic heterocycles. The van der Waals surface area contributed by atoms with E-state index in [1.165, 1.54) is 0 Å².